The molecule has 1 amide bonds. The van der Waals surface area contributed by atoms with Crippen LogP contribution in [0.4, 0.5) is 17.1 Å². The van der Waals surface area contributed by atoms with Crippen molar-refractivity contribution in [2.45, 2.75) is 32.1 Å². The number of allylic oxidation sites excluding steroid dienone is 1. The van der Waals surface area contributed by atoms with Crippen LogP contribution < -0.4 is 10.2 Å². The lowest BCUT2D eigenvalue weighted by Crippen LogP contribution is -2.50. The molecule has 2 heterocycles. The fraction of sp³-hybridized carbons (Fsp3) is 0.280. The maximum atomic E-state index is 14.2. The van der Waals surface area contributed by atoms with Crippen molar-refractivity contribution in [2.24, 2.45) is 5.41 Å². The highest BCUT2D eigenvalue weighted by molar-refractivity contribution is 6.21. The topological polar surface area (TPSA) is 92.6 Å². The number of para-hydroxylation sites is 1. The van der Waals surface area contributed by atoms with Crippen molar-refractivity contribution in [3.8, 4) is 0 Å². The third-order valence-corrected chi connectivity index (χ3v) is 6.63. The van der Waals surface area contributed by atoms with Gasteiger partial charge in [-0.3, -0.25) is 19.7 Å². The average Bonchev–Trinajstić information content (AvgIpc) is 2.96. The van der Waals surface area contributed by atoms with E-state index in [-0.39, 0.29) is 29.3 Å². The van der Waals surface area contributed by atoms with Gasteiger partial charge >= 0.3 is 0 Å². The van der Waals surface area contributed by atoms with E-state index in [9.17, 15) is 19.7 Å². The first-order valence-electron chi connectivity index (χ1n) is 10.6. The summed E-state index contributed by atoms with van der Waals surface area (Å²) in [5.41, 5.74) is 1.76. The molecule has 0 radical (unpaired) electrons. The maximum Gasteiger partial charge on any atom is 0.269 e. The zero-order chi connectivity index (χ0) is 22.8. The Kier molecular flexibility index (Phi) is 4.18. The minimum atomic E-state index is -1.42. The third kappa shape index (κ3) is 2.54. The minimum absolute atomic E-state index is 0.107. The van der Waals surface area contributed by atoms with E-state index < -0.39 is 10.3 Å². The second kappa shape index (κ2) is 6.63. The van der Waals surface area contributed by atoms with Crippen LogP contribution in [0.2, 0.25) is 0 Å². The number of fused-ring (bicyclic) bond motifs is 5. The fourth-order valence-electron chi connectivity index (χ4n) is 5.49. The van der Waals surface area contributed by atoms with Crippen molar-refractivity contribution in [3.63, 3.8) is 0 Å². The van der Waals surface area contributed by atoms with Crippen molar-refractivity contribution < 1.29 is 14.5 Å². The molecule has 162 valence electrons. The van der Waals surface area contributed by atoms with Crippen molar-refractivity contribution in [1.82, 2.24) is 0 Å². The summed E-state index contributed by atoms with van der Waals surface area (Å²) < 4.78 is 0. The van der Waals surface area contributed by atoms with Crippen LogP contribution in [-0.4, -0.2) is 23.2 Å². The third-order valence-electron chi connectivity index (χ3n) is 6.63. The average molecular weight is 429 g/mol. The molecule has 3 aliphatic rings. The number of nitrogens with zero attached hydrogens (tertiary/aromatic N) is 2. The number of carbonyl (C=O) groups is 2. The summed E-state index contributed by atoms with van der Waals surface area (Å²) in [5, 5.41) is 15.0. The molecular formula is C25H23N3O4. The van der Waals surface area contributed by atoms with Crippen LogP contribution in [0.25, 0.3) is 0 Å². The number of carbonyl (C=O) groups excluding carboxylic acids is 2. The summed E-state index contributed by atoms with van der Waals surface area (Å²) in [4.78, 5) is 40.6. The molecule has 2 aromatic rings. The van der Waals surface area contributed by atoms with Crippen LogP contribution in [0.1, 0.15) is 37.8 Å². The van der Waals surface area contributed by atoms with E-state index in [0.717, 1.165) is 5.70 Å². The molecule has 0 saturated carbocycles. The van der Waals surface area contributed by atoms with Crippen LogP contribution in [-0.2, 0) is 15.0 Å². The molecule has 0 aromatic heterocycles. The van der Waals surface area contributed by atoms with Crippen LogP contribution >= 0.6 is 0 Å². The van der Waals surface area contributed by atoms with Crippen LogP contribution in [0.3, 0.4) is 0 Å². The minimum Gasteiger partial charge on any atom is -0.358 e. The number of anilines is 2. The predicted molar refractivity (Wildman–Crippen MR) is 122 cm³/mol. The first-order valence-corrected chi connectivity index (χ1v) is 10.6. The molecule has 7 nitrogen and oxygen atoms in total. The summed E-state index contributed by atoms with van der Waals surface area (Å²) in [6.07, 6.45) is 2.55. The van der Waals surface area contributed by atoms with Gasteiger partial charge < -0.3 is 10.2 Å². The SMILES string of the molecule is C=CCN1C(=O)C2(C3=C(CC(C)(C)CC3=O)Nc3ccc([N+](=O)[O-])cc32)c2ccccc21. The lowest BCUT2D eigenvalue weighted by molar-refractivity contribution is -0.384. The summed E-state index contributed by atoms with van der Waals surface area (Å²) >= 11 is 0. The number of hydrogen-bond acceptors (Lipinski definition) is 5. The molecule has 0 bridgehead atoms. The van der Waals surface area contributed by atoms with E-state index in [4.69, 9.17) is 0 Å². The van der Waals surface area contributed by atoms with E-state index in [0.29, 0.717) is 40.9 Å². The Bertz CT molecular complexity index is 1260. The Morgan fingerprint density at radius 2 is 1.91 bits per heavy atom. The molecule has 5 rings (SSSR count). The van der Waals surface area contributed by atoms with Gasteiger partial charge in [0.05, 0.1) is 4.92 Å². The van der Waals surface area contributed by atoms with Gasteiger partial charge in [0.25, 0.3) is 5.69 Å². The molecule has 2 aromatic carbocycles. The van der Waals surface area contributed by atoms with E-state index in [2.05, 4.69) is 11.9 Å². The summed E-state index contributed by atoms with van der Waals surface area (Å²) in [6.45, 7) is 8.12. The van der Waals surface area contributed by atoms with Crippen LogP contribution in [0, 0.1) is 15.5 Å². The number of non-ortho nitro benzene ring substituents is 1. The number of ketones is 1. The largest absolute Gasteiger partial charge is 0.358 e. The van der Waals surface area contributed by atoms with Gasteiger partial charge in [-0.15, -0.1) is 6.58 Å². The number of Topliss-reactive ketones (excluding diaryl/α,β-unsaturated/α-hetero) is 1. The van der Waals surface area contributed by atoms with Gasteiger partial charge in [-0.25, -0.2) is 0 Å². The molecule has 0 saturated heterocycles. The number of benzene rings is 2. The molecule has 7 heteroatoms. The van der Waals surface area contributed by atoms with Gasteiger partial charge in [0, 0.05) is 58.9 Å². The van der Waals surface area contributed by atoms with Gasteiger partial charge in [0.1, 0.15) is 5.41 Å². The van der Waals surface area contributed by atoms with E-state index >= 15 is 0 Å². The number of nitro groups is 1. The van der Waals surface area contributed by atoms with Gasteiger partial charge in [0.2, 0.25) is 5.91 Å². The molecule has 32 heavy (non-hydrogen) atoms. The predicted octanol–water partition coefficient (Wildman–Crippen LogP) is 4.48. The van der Waals surface area contributed by atoms with Crippen LogP contribution in [0.5, 0.6) is 0 Å². The Hall–Kier alpha value is -3.74. The number of nitrogens with one attached hydrogen (secondary N) is 1. The lowest BCUT2D eigenvalue weighted by atomic mass is 9.61. The zero-order valence-electron chi connectivity index (χ0n) is 18.0. The molecule has 1 atom stereocenters. The highest BCUT2D eigenvalue weighted by Gasteiger charge is 2.60. The number of amides is 1. The Labute approximate surface area is 185 Å². The molecule has 1 N–H and O–H groups in total. The number of nitro benzene ring substituents is 1. The van der Waals surface area contributed by atoms with Gasteiger partial charge in [-0.1, -0.05) is 38.1 Å². The van der Waals surface area contributed by atoms with Crippen molar-refractivity contribution in [3.05, 3.63) is 87.6 Å². The standard InChI is InChI=1S/C25H23N3O4/c1-4-11-27-20-8-6-5-7-16(20)25(23(27)30)17-12-15(28(31)32)9-10-18(17)26-19-13-24(2,3)14-21(29)22(19)25/h4-10,12,26H,1,11,13-14H2,2-3H3. The maximum absolute atomic E-state index is 14.2. The first kappa shape index (κ1) is 20.2. The fourth-order valence-corrected chi connectivity index (χ4v) is 5.49. The lowest BCUT2D eigenvalue weighted by Gasteiger charge is -2.43. The highest BCUT2D eigenvalue weighted by atomic mass is 16.6. The number of rotatable bonds is 3. The molecule has 1 aliphatic carbocycles. The number of hydrogen-bond donors (Lipinski definition) is 1. The molecule has 1 spiro atoms. The van der Waals surface area contributed by atoms with Crippen LogP contribution in [0.15, 0.2) is 66.4 Å². The molecule has 0 fully saturated rings. The van der Waals surface area contributed by atoms with E-state index in [1.807, 2.05) is 38.1 Å². The van der Waals surface area contributed by atoms with Crippen molar-refractivity contribution in [1.29, 1.82) is 0 Å². The van der Waals surface area contributed by atoms with E-state index in [1.165, 1.54) is 12.1 Å². The Balaban J connectivity index is 1.91. The zero-order valence-corrected chi connectivity index (χ0v) is 18.0. The Morgan fingerprint density at radius 1 is 1.16 bits per heavy atom. The Morgan fingerprint density at radius 3 is 2.62 bits per heavy atom. The smallest absolute Gasteiger partial charge is 0.269 e. The molecular weight excluding hydrogens is 406 g/mol. The normalized spacial score (nSPS) is 22.9. The van der Waals surface area contributed by atoms with Crippen molar-refractivity contribution >= 4 is 28.8 Å². The molecule has 1 unspecified atom stereocenters. The quantitative estimate of drug-likeness (QED) is 0.441. The first-order chi connectivity index (χ1) is 15.2. The van der Waals surface area contributed by atoms with E-state index in [1.54, 1.807) is 17.0 Å². The monoisotopic (exact) mass is 429 g/mol. The van der Waals surface area contributed by atoms with Gasteiger partial charge in [-0.05, 0) is 24.0 Å². The van der Waals surface area contributed by atoms with Crippen molar-refractivity contribution in [2.75, 3.05) is 16.8 Å². The summed E-state index contributed by atoms with van der Waals surface area (Å²) in [7, 11) is 0. The van der Waals surface area contributed by atoms with Gasteiger partial charge in [0.15, 0.2) is 5.78 Å². The molecule has 2 aliphatic heterocycles. The summed E-state index contributed by atoms with van der Waals surface area (Å²) in [6, 6.07) is 11.9. The second-order valence-corrected chi connectivity index (χ2v) is 9.38. The highest BCUT2D eigenvalue weighted by Crippen LogP contribution is 2.58. The van der Waals surface area contributed by atoms with Gasteiger partial charge in [-0.2, -0.15) is 0 Å². The summed E-state index contributed by atoms with van der Waals surface area (Å²) in [5.74, 6) is -0.382. The second-order valence-electron chi connectivity index (χ2n) is 9.38.